The highest BCUT2D eigenvalue weighted by Gasteiger charge is 2.06. The Kier molecular flexibility index (Phi) is 3.71. The van der Waals surface area contributed by atoms with Gasteiger partial charge in [0.2, 0.25) is 0 Å². The third-order valence-electron chi connectivity index (χ3n) is 1.41. The third-order valence-corrected chi connectivity index (χ3v) is 1.72. The largest absolute Gasteiger partial charge is 0.336 e. The van der Waals surface area contributed by atoms with Gasteiger partial charge in [0.25, 0.3) is 0 Å². The minimum Gasteiger partial charge on any atom is -0.336 e. The summed E-state index contributed by atoms with van der Waals surface area (Å²) in [5.74, 6) is 0.368. The first-order valence-electron chi connectivity index (χ1n) is 4.27. The van der Waals surface area contributed by atoms with Gasteiger partial charge < -0.3 is 5.32 Å². The fourth-order valence-corrected chi connectivity index (χ4v) is 1.05. The van der Waals surface area contributed by atoms with Gasteiger partial charge in [-0.15, -0.1) is 0 Å². The molecule has 4 nitrogen and oxygen atoms in total. The number of aromatic nitrogens is 1. The zero-order valence-electron chi connectivity index (χ0n) is 8.04. The van der Waals surface area contributed by atoms with Gasteiger partial charge in [0.1, 0.15) is 0 Å². The minimum absolute atomic E-state index is 0.0810. The second-order valence-corrected chi connectivity index (χ2v) is 3.49. The van der Waals surface area contributed by atoms with E-state index in [2.05, 4.69) is 15.6 Å². The summed E-state index contributed by atoms with van der Waals surface area (Å²) in [6.45, 7) is 3.75. The molecule has 0 saturated heterocycles. The summed E-state index contributed by atoms with van der Waals surface area (Å²) in [5, 5.41) is 5.64. The van der Waals surface area contributed by atoms with Gasteiger partial charge >= 0.3 is 6.03 Å². The quantitative estimate of drug-likeness (QED) is 0.792. The second kappa shape index (κ2) is 4.81. The molecule has 0 fully saturated rings. The number of pyridine rings is 1. The van der Waals surface area contributed by atoms with Crippen molar-refractivity contribution in [2.75, 3.05) is 5.32 Å². The molecule has 14 heavy (non-hydrogen) atoms. The summed E-state index contributed by atoms with van der Waals surface area (Å²) < 4.78 is 0. The van der Waals surface area contributed by atoms with E-state index in [0.717, 1.165) is 0 Å². The fraction of sp³-hybridized carbons (Fsp3) is 0.333. The van der Waals surface area contributed by atoms with Crippen molar-refractivity contribution < 1.29 is 4.79 Å². The van der Waals surface area contributed by atoms with Crippen LogP contribution in [0.5, 0.6) is 0 Å². The highest BCUT2D eigenvalue weighted by Crippen LogP contribution is 2.16. The molecular formula is C9H12ClN3O. The Morgan fingerprint density at radius 2 is 2.29 bits per heavy atom. The molecule has 0 radical (unpaired) electrons. The molecule has 1 rings (SSSR count). The van der Waals surface area contributed by atoms with Crippen LogP contribution < -0.4 is 10.6 Å². The molecule has 0 saturated carbocycles. The molecule has 0 unspecified atom stereocenters. The highest BCUT2D eigenvalue weighted by atomic mass is 35.5. The van der Waals surface area contributed by atoms with Crippen LogP contribution in [0.25, 0.3) is 0 Å². The van der Waals surface area contributed by atoms with Gasteiger partial charge in [0.15, 0.2) is 5.82 Å². The number of urea groups is 1. The maximum Gasteiger partial charge on any atom is 0.320 e. The highest BCUT2D eigenvalue weighted by molar-refractivity contribution is 6.33. The number of nitrogens with zero attached hydrogens (tertiary/aromatic N) is 1. The Morgan fingerprint density at radius 3 is 2.86 bits per heavy atom. The van der Waals surface area contributed by atoms with Gasteiger partial charge in [-0.1, -0.05) is 11.6 Å². The lowest BCUT2D eigenvalue weighted by atomic mass is 10.4. The lowest BCUT2D eigenvalue weighted by molar-refractivity contribution is 0.250. The van der Waals surface area contributed by atoms with E-state index in [1.165, 1.54) is 0 Å². The summed E-state index contributed by atoms with van der Waals surface area (Å²) in [5.41, 5.74) is 0. The first-order chi connectivity index (χ1) is 6.59. The summed E-state index contributed by atoms with van der Waals surface area (Å²) >= 11 is 5.80. The number of nitrogens with one attached hydrogen (secondary N) is 2. The number of anilines is 1. The van der Waals surface area contributed by atoms with Crippen LogP contribution in [0.15, 0.2) is 18.3 Å². The van der Waals surface area contributed by atoms with Crippen molar-refractivity contribution in [1.82, 2.24) is 10.3 Å². The van der Waals surface area contributed by atoms with Crippen molar-refractivity contribution in [1.29, 1.82) is 0 Å². The van der Waals surface area contributed by atoms with Gasteiger partial charge in [-0.05, 0) is 26.0 Å². The van der Waals surface area contributed by atoms with Gasteiger partial charge in [-0.3, -0.25) is 5.32 Å². The first-order valence-corrected chi connectivity index (χ1v) is 4.65. The molecule has 0 aliphatic heterocycles. The maximum absolute atomic E-state index is 11.3. The Bertz CT molecular complexity index is 328. The van der Waals surface area contributed by atoms with Gasteiger partial charge in [0, 0.05) is 12.2 Å². The summed E-state index contributed by atoms with van der Waals surface area (Å²) in [6, 6.07) is 3.14. The smallest absolute Gasteiger partial charge is 0.320 e. The molecule has 0 aromatic carbocycles. The Labute approximate surface area is 87.7 Å². The standard InChI is InChI=1S/C9H12ClN3O/c1-6(2)12-9(14)13-8-7(10)4-3-5-11-8/h3-6H,1-2H3,(H2,11,12,13,14). The molecular weight excluding hydrogens is 202 g/mol. The van der Waals surface area contributed by atoms with Crippen molar-refractivity contribution in [2.45, 2.75) is 19.9 Å². The van der Waals surface area contributed by atoms with Crippen LogP contribution in [0, 0.1) is 0 Å². The van der Waals surface area contributed by atoms with Crippen molar-refractivity contribution in [3.05, 3.63) is 23.4 Å². The number of halogens is 1. The molecule has 2 N–H and O–H groups in total. The van der Waals surface area contributed by atoms with Gasteiger partial charge in [-0.25, -0.2) is 9.78 Å². The number of amides is 2. The topological polar surface area (TPSA) is 54.0 Å². The average Bonchev–Trinajstić information content (AvgIpc) is 2.07. The molecule has 0 bridgehead atoms. The third kappa shape index (κ3) is 3.22. The van der Waals surface area contributed by atoms with Crippen LogP contribution >= 0.6 is 11.6 Å². The van der Waals surface area contributed by atoms with E-state index < -0.39 is 0 Å². The van der Waals surface area contributed by atoms with Crippen LogP contribution in [0.2, 0.25) is 5.02 Å². The van der Waals surface area contributed by atoms with Crippen molar-refractivity contribution in [2.24, 2.45) is 0 Å². The van der Waals surface area contributed by atoms with Crippen molar-refractivity contribution >= 4 is 23.4 Å². The molecule has 5 heteroatoms. The average molecular weight is 214 g/mol. The number of hydrogen-bond donors (Lipinski definition) is 2. The predicted octanol–water partition coefficient (Wildman–Crippen LogP) is 2.26. The molecule has 1 aromatic heterocycles. The summed E-state index contributed by atoms with van der Waals surface area (Å²) in [4.78, 5) is 15.2. The lowest BCUT2D eigenvalue weighted by Crippen LogP contribution is -2.34. The van der Waals surface area contributed by atoms with E-state index in [-0.39, 0.29) is 12.1 Å². The normalized spacial score (nSPS) is 10.0. The van der Waals surface area contributed by atoms with Crippen LogP contribution in [-0.2, 0) is 0 Å². The van der Waals surface area contributed by atoms with E-state index in [9.17, 15) is 4.79 Å². The molecule has 0 atom stereocenters. The predicted molar refractivity (Wildman–Crippen MR) is 56.5 cm³/mol. The van der Waals surface area contributed by atoms with E-state index in [4.69, 9.17) is 11.6 Å². The molecule has 0 aliphatic rings. The monoisotopic (exact) mass is 213 g/mol. The van der Waals surface area contributed by atoms with E-state index in [1.807, 2.05) is 13.8 Å². The summed E-state index contributed by atoms with van der Waals surface area (Å²) in [7, 11) is 0. The molecule has 1 aromatic rings. The number of hydrogen-bond acceptors (Lipinski definition) is 2. The van der Waals surface area contributed by atoms with Crippen LogP contribution in [-0.4, -0.2) is 17.1 Å². The SMILES string of the molecule is CC(C)NC(=O)Nc1ncccc1Cl. The van der Waals surface area contributed by atoms with E-state index in [1.54, 1.807) is 18.3 Å². The first kappa shape index (κ1) is 10.8. The van der Waals surface area contributed by atoms with Gasteiger partial charge in [0.05, 0.1) is 5.02 Å². The molecule has 0 aliphatic carbocycles. The number of carbonyl (C=O) groups excluding carboxylic acids is 1. The lowest BCUT2D eigenvalue weighted by Gasteiger charge is -2.09. The van der Waals surface area contributed by atoms with Crippen molar-refractivity contribution in [3.63, 3.8) is 0 Å². The van der Waals surface area contributed by atoms with E-state index in [0.29, 0.717) is 10.8 Å². The van der Waals surface area contributed by atoms with Gasteiger partial charge in [-0.2, -0.15) is 0 Å². The Balaban J connectivity index is 2.61. The summed E-state index contributed by atoms with van der Waals surface area (Å²) in [6.07, 6.45) is 1.57. The van der Waals surface area contributed by atoms with Crippen LogP contribution in [0.3, 0.4) is 0 Å². The fourth-order valence-electron chi connectivity index (χ4n) is 0.883. The molecule has 0 spiro atoms. The Hall–Kier alpha value is -1.29. The minimum atomic E-state index is -0.305. The van der Waals surface area contributed by atoms with Crippen LogP contribution in [0.1, 0.15) is 13.8 Å². The Morgan fingerprint density at radius 1 is 1.57 bits per heavy atom. The van der Waals surface area contributed by atoms with Crippen LogP contribution in [0.4, 0.5) is 10.6 Å². The second-order valence-electron chi connectivity index (χ2n) is 3.09. The zero-order chi connectivity index (χ0) is 10.6. The molecule has 76 valence electrons. The van der Waals surface area contributed by atoms with Crippen molar-refractivity contribution in [3.8, 4) is 0 Å². The number of carbonyl (C=O) groups is 1. The maximum atomic E-state index is 11.3. The zero-order valence-corrected chi connectivity index (χ0v) is 8.80. The van der Waals surface area contributed by atoms with E-state index >= 15 is 0 Å². The molecule has 2 amide bonds. The molecule has 1 heterocycles. The number of rotatable bonds is 2.